The Morgan fingerprint density at radius 2 is 1.89 bits per heavy atom. The fraction of sp³-hybridized carbons (Fsp3) is 0.556. The number of benzene rings is 1. The highest BCUT2D eigenvalue weighted by Gasteiger charge is 2.37. The van der Waals surface area contributed by atoms with Gasteiger partial charge in [-0.15, -0.1) is 0 Å². The van der Waals surface area contributed by atoms with Crippen LogP contribution in [0.2, 0.25) is 30.7 Å². The third kappa shape index (κ3) is 6.65. The van der Waals surface area contributed by atoms with E-state index >= 15 is 0 Å². The number of hydrogen-bond acceptors (Lipinski definition) is 5. The molecule has 3 aromatic rings. The van der Waals surface area contributed by atoms with E-state index < -0.39 is 13.9 Å². The first kappa shape index (κ1) is 27.0. The topological polar surface area (TPSA) is 64.0 Å². The van der Waals surface area contributed by atoms with Gasteiger partial charge in [0.15, 0.2) is 0 Å². The van der Waals surface area contributed by atoms with E-state index in [1.165, 1.54) is 6.07 Å². The van der Waals surface area contributed by atoms with Crippen LogP contribution < -0.4 is 10.6 Å². The van der Waals surface area contributed by atoms with Crippen molar-refractivity contribution in [3.8, 4) is 11.3 Å². The summed E-state index contributed by atoms with van der Waals surface area (Å²) in [4.78, 5) is 9.32. The van der Waals surface area contributed by atoms with Crippen molar-refractivity contribution >= 4 is 36.5 Å². The van der Waals surface area contributed by atoms with Crippen LogP contribution >= 0.6 is 11.6 Å². The molecule has 0 amide bonds. The molecule has 36 heavy (non-hydrogen) atoms. The molecule has 4 rings (SSSR count). The largest absolute Gasteiger partial charge is 0.361 e. The molecule has 0 aliphatic carbocycles. The Morgan fingerprint density at radius 1 is 1.19 bits per heavy atom. The summed E-state index contributed by atoms with van der Waals surface area (Å²) in [5, 5.41) is 8.10. The molecule has 1 aliphatic heterocycles. The number of halogens is 2. The molecule has 0 spiro atoms. The summed E-state index contributed by atoms with van der Waals surface area (Å²) in [6.07, 6.45) is 5.64. The minimum atomic E-state index is -1.19. The first-order valence-electron chi connectivity index (χ1n) is 12.7. The van der Waals surface area contributed by atoms with Crippen LogP contribution in [-0.2, 0) is 11.5 Å². The summed E-state index contributed by atoms with van der Waals surface area (Å²) >= 11 is 6.15. The van der Waals surface area contributed by atoms with E-state index in [9.17, 15) is 4.39 Å². The lowest BCUT2D eigenvalue weighted by molar-refractivity contribution is 0.0903. The van der Waals surface area contributed by atoms with E-state index in [2.05, 4.69) is 63.0 Å². The van der Waals surface area contributed by atoms with Gasteiger partial charge in [-0.2, -0.15) is 0 Å². The molecule has 3 heterocycles. The van der Waals surface area contributed by atoms with Gasteiger partial charge in [-0.1, -0.05) is 31.2 Å². The van der Waals surface area contributed by atoms with E-state index in [1.807, 2.05) is 16.8 Å². The van der Waals surface area contributed by atoms with Crippen LogP contribution in [0.25, 0.3) is 22.2 Å². The lowest BCUT2D eigenvalue weighted by Crippen LogP contribution is -2.60. The van der Waals surface area contributed by atoms with Gasteiger partial charge in [0, 0.05) is 55.1 Å². The Hall–Kier alpha value is -2.00. The molecule has 196 valence electrons. The highest BCUT2D eigenvalue weighted by molar-refractivity contribution is 6.76. The normalized spacial score (nSPS) is 18.0. The Bertz CT molecular complexity index is 1220. The van der Waals surface area contributed by atoms with E-state index in [4.69, 9.17) is 21.3 Å². The summed E-state index contributed by atoms with van der Waals surface area (Å²) in [6.45, 7) is 16.9. The van der Waals surface area contributed by atoms with Gasteiger partial charge in [-0.05, 0) is 64.8 Å². The van der Waals surface area contributed by atoms with Crippen molar-refractivity contribution in [1.29, 1.82) is 0 Å². The van der Waals surface area contributed by atoms with Crippen molar-refractivity contribution < 1.29 is 9.13 Å². The summed E-state index contributed by atoms with van der Waals surface area (Å²) in [5.41, 5.74) is 2.39. The minimum Gasteiger partial charge on any atom is -0.361 e. The van der Waals surface area contributed by atoms with Gasteiger partial charge in [0.2, 0.25) is 5.95 Å². The molecule has 1 aliphatic rings. The molecule has 0 radical (unpaired) electrons. The van der Waals surface area contributed by atoms with Crippen molar-refractivity contribution in [2.75, 3.05) is 11.9 Å². The third-order valence-electron chi connectivity index (χ3n) is 6.60. The lowest BCUT2D eigenvalue weighted by atomic mass is 9.80. The number of piperidine rings is 1. The maximum absolute atomic E-state index is 14.5. The third-order valence-corrected chi connectivity index (χ3v) is 8.60. The van der Waals surface area contributed by atoms with Crippen LogP contribution in [0.5, 0.6) is 0 Å². The van der Waals surface area contributed by atoms with Crippen molar-refractivity contribution in [2.24, 2.45) is 0 Å². The molecule has 9 heteroatoms. The van der Waals surface area contributed by atoms with Crippen molar-refractivity contribution in [2.45, 2.75) is 90.1 Å². The standard InChI is InChI=1S/C27H39ClFN5OSi/c1-26(2)14-18(15-27(3,4)33-26)31-25-30-9-8-23(32-25)20-16-34(17-35-10-11-36(5,6)7)24-13-21(28)22(29)12-19(20)24/h8-9,12-13,16,18,33H,10-11,14-15,17H2,1-7H3,(H,30,31,32). The first-order chi connectivity index (χ1) is 16.7. The number of hydrogen-bond donors (Lipinski definition) is 2. The molecule has 1 saturated heterocycles. The molecule has 2 aromatic heterocycles. The summed E-state index contributed by atoms with van der Waals surface area (Å²) in [6, 6.07) is 6.33. The molecular formula is C27H39ClFN5OSi. The highest BCUT2D eigenvalue weighted by atomic mass is 35.5. The minimum absolute atomic E-state index is 0.0106. The maximum Gasteiger partial charge on any atom is 0.223 e. The number of ether oxygens (including phenoxy) is 1. The maximum atomic E-state index is 14.5. The van der Waals surface area contributed by atoms with Gasteiger partial charge in [0.25, 0.3) is 0 Å². The smallest absolute Gasteiger partial charge is 0.223 e. The molecular weight excluding hydrogens is 493 g/mol. The Morgan fingerprint density at radius 3 is 2.56 bits per heavy atom. The predicted molar refractivity (Wildman–Crippen MR) is 150 cm³/mol. The molecule has 1 fully saturated rings. The van der Waals surface area contributed by atoms with Gasteiger partial charge in [-0.25, -0.2) is 14.4 Å². The SMILES string of the molecule is CC1(C)CC(Nc2nccc(-c3cn(COCC[Si](C)(C)C)c4cc(Cl)c(F)cc34)n2)CC(C)(C)N1. The number of fused-ring (bicyclic) bond motifs is 1. The predicted octanol–water partition coefficient (Wildman–Crippen LogP) is 6.92. The Labute approximate surface area is 220 Å². The first-order valence-corrected chi connectivity index (χ1v) is 16.7. The molecule has 6 nitrogen and oxygen atoms in total. The second kappa shape index (κ2) is 10.0. The van der Waals surface area contributed by atoms with Gasteiger partial charge in [0.05, 0.1) is 16.2 Å². The van der Waals surface area contributed by atoms with Crippen LogP contribution in [0.15, 0.2) is 30.6 Å². The molecule has 0 atom stereocenters. The van der Waals surface area contributed by atoms with Crippen LogP contribution in [0.3, 0.4) is 0 Å². The Balaban J connectivity index is 1.62. The van der Waals surface area contributed by atoms with Gasteiger partial charge in [-0.3, -0.25) is 0 Å². The molecule has 2 N–H and O–H groups in total. The average molecular weight is 532 g/mol. The number of rotatable bonds is 8. The average Bonchev–Trinajstić information content (AvgIpc) is 3.06. The fourth-order valence-corrected chi connectivity index (χ4v) is 6.24. The monoisotopic (exact) mass is 531 g/mol. The Kier molecular flexibility index (Phi) is 7.54. The lowest BCUT2D eigenvalue weighted by Gasteiger charge is -2.46. The van der Waals surface area contributed by atoms with Gasteiger partial charge < -0.3 is 19.9 Å². The number of nitrogens with one attached hydrogen (secondary N) is 2. The number of nitrogens with zero attached hydrogens (tertiary/aromatic N) is 3. The molecule has 0 saturated carbocycles. The van der Waals surface area contributed by atoms with Crippen LogP contribution in [0, 0.1) is 5.82 Å². The number of aromatic nitrogens is 3. The van der Waals surface area contributed by atoms with Crippen molar-refractivity contribution in [3.05, 3.63) is 41.4 Å². The summed E-state index contributed by atoms with van der Waals surface area (Å²) < 4.78 is 22.5. The van der Waals surface area contributed by atoms with Crippen LogP contribution in [-0.4, -0.2) is 46.3 Å². The van der Waals surface area contributed by atoms with Crippen molar-refractivity contribution in [3.63, 3.8) is 0 Å². The zero-order chi connectivity index (χ0) is 26.3. The van der Waals surface area contributed by atoms with Crippen LogP contribution in [0.1, 0.15) is 40.5 Å². The van der Waals surface area contributed by atoms with E-state index in [0.29, 0.717) is 19.3 Å². The fourth-order valence-electron chi connectivity index (χ4n) is 5.32. The molecule has 1 aromatic carbocycles. The van der Waals surface area contributed by atoms with Gasteiger partial charge >= 0.3 is 0 Å². The second-order valence-electron chi connectivity index (χ2n) is 12.6. The number of anilines is 1. The van der Waals surface area contributed by atoms with Crippen molar-refractivity contribution in [1.82, 2.24) is 19.9 Å². The van der Waals surface area contributed by atoms with Crippen LogP contribution in [0.4, 0.5) is 10.3 Å². The summed E-state index contributed by atoms with van der Waals surface area (Å²) in [5.74, 6) is 0.127. The zero-order valence-electron chi connectivity index (χ0n) is 22.5. The molecule has 0 bridgehead atoms. The van der Waals surface area contributed by atoms with E-state index in [0.717, 1.165) is 41.0 Å². The highest BCUT2D eigenvalue weighted by Crippen LogP contribution is 2.34. The second-order valence-corrected chi connectivity index (χ2v) is 18.6. The molecule has 0 unspecified atom stereocenters. The van der Waals surface area contributed by atoms with E-state index in [1.54, 1.807) is 12.3 Å². The van der Waals surface area contributed by atoms with E-state index in [-0.39, 0.29) is 22.1 Å². The quantitative estimate of drug-likeness (QED) is 0.244. The van der Waals surface area contributed by atoms with Gasteiger partial charge in [0.1, 0.15) is 12.5 Å². The zero-order valence-corrected chi connectivity index (χ0v) is 24.3. The summed E-state index contributed by atoms with van der Waals surface area (Å²) in [7, 11) is -1.19.